The first-order valence-electron chi connectivity index (χ1n) is 5.40. The number of urea groups is 1. The van der Waals surface area contributed by atoms with Gasteiger partial charge in [0.25, 0.3) is 0 Å². The zero-order chi connectivity index (χ0) is 10.3. The number of hydrogen-bond acceptors (Lipinski definition) is 2. The standard InChI is InChI=1S/C10H19N3O/c1-6(2)12-10(14)13-5-7-3-8(11)9(13)4-7/h6-9H,3-5,11H2,1-2H3,(H,12,14). The highest BCUT2D eigenvalue weighted by Crippen LogP contribution is 2.36. The minimum Gasteiger partial charge on any atom is -0.336 e. The molecule has 80 valence electrons. The normalized spacial score (nSPS) is 35.4. The van der Waals surface area contributed by atoms with Gasteiger partial charge in [0, 0.05) is 24.7 Å². The van der Waals surface area contributed by atoms with E-state index in [0.717, 1.165) is 19.4 Å². The molecule has 4 nitrogen and oxygen atoms in total. The number of nitrogens with zero attached hydrogens (tertiary/aromatic N) is 1. The average molecular weight is 197 g/mol. The number of likely N-dealkylation sites (tertiary alicyclic amines) is 1. The van der Waals surface area contributed by atoms with Crippen LogP contribution in [-0.4, -0.2) is 35.6 Å². The van der Waals surface area contributed by atoms with E-state index in [4.69, 9.17) is 5.73 Å². The van der Waals surface area contributed by atoms with E-state index in [1.54, 1.807) is 0 Å². The zero-order valence-corrected chi connectivity index (χ0v) is 8.86. The number of carbonyl (C=O) groups is 1. The van der Waals surface area contributed by atoms with Crippen molar-refractivity contribution in [3.8, 4) is 0 Å². The molecule has 0 radical (unpaired) electrons. The zero-order valence-electron chi connectivity index (χ0n) is 8.86. The molecule has 1 saturated carbocycles. The fourth-order valence-electron chi connectivity index (χ4n) is 2.64. The average Bonchev–Trinajstić information content (AvgIpc) is 2.60. The molecule has 2 fully saturated rings. The van der Waals surface area contributed by atoms with Gasteiger partial charge in [-0.1, -0.05) is 0 Å². The van der Waals surface area contributed by atoms with E-state index in [1.165, 1.54) is 0 Å². The highest BCUT2D eigenvalue weighted by Gasteiger charge is 2.45. The lowest BCUT2D eigenvalue weighted by Crippen LogP contribution is -2.52. The van der Waals surface area contributed by atoms with Crippen molar-refractivity contribution < 1.29 is 4.79 Å². The van der Waals surface area contributed by atoms with Gasteiger partial charge in [0.2, 0.25) is 0 Å². The van der Waals surface area contributed by atoms with E-state index < -0.39 is 0 Å². The third kappa shape index (κ3) is 1.59. The lowest BCUT2D eigenvalue weighted by Gasteiger charge is -2.31. The first-order valence-corrected chi connectivity index (χ1v) is 5.40. The summed E-state index contributed by atoms with van der Waals surface area (Å²) in [5, 5.41) is 2.92. The van der Waals surface area contributed by atoms with Crippen molar-refractivity contribution in [2.45, 2.75) is 44.8 Å². The van der Waals surface area contributed by atoms with Gasteiger partial charge in [0.15, 0.2) is 0 Å². The minimum atomic E-state index is 0.0580. The summed E-state index contributed by atoms with van der Waals surface area (Å²) in [7, 11) is 0. The quantitative estimate of drug-likeness (QED) is 0.644. The number of rotatable bonds is 1. The number of nitrogens with one attached hydrogen (secondary N) is 1. The van der Waals surface area contributed by atoms with Crippen LogP contribution < -0.4 is 11.1 Å². The summed E-state index contributed by atoms with van der Waals surface area (Å²) in [6.07, 6.45) is 2.20. The van der Waals surface area contributed by atoms with Crippen LogP contribution in [0.1, 0.15) is 26.7 Å². The Morgan fingerprint density at radius 3 is 2.71 bits per heavy atom. The van der Waals surface area contributed by atoms with Gasteiger partial charge in [-0.3, -0.25) is 0 Å². The first kappa shape index (κ1) is 9.77. The molecule has 1 aliphatic carbocycles. The third-order valence-electron chi connectivity index (χ3n) is 3.20. The monoisotopic (exact) mass is 197 g/mol. The minimum absolute atomic E-state index is 0.0580. The van der Waals surface area contributed by atoms with Gasteiger partial charge in [-0.05, 0) is 32.6 Å². The second-order valence-electron chi connectivity index (χ2n) is 4.83. The van der Waals surface area contributed by atoms with Crippen molar-refractivity contribution in [2.24, 2.45) is 11.7 Å². The van der Waals surface area contributed by atoms with Crippen molar-refractivity contribution in [2.75, 3.05) is 6.54 Å². The molecule has 3 unspecified atom stereocenters. The van der Waals surface area contributed by atoms with Crippen LogP contribution in [0, 0.1) is 5.92 Å². The Bertz CT molecular complexity index is 242. The van der Waals surface area contributed by atoms with Crippen molar-refractivity contribution in [3.05, 3.63) is 0 Å². The van der Waals surface area contributed by atoms with Crippen LogP contribution in [0.3, 0.4) is 0 Å². The lowest BCUT2D eigenvalue weighted by molar-refractivity contribution is 0.171. The molecule has 3 N–H and O–H groups in total. The number of carbonyl (C=O) groups excluding carboxylic acids is 1. The Labute approximate surface area is 84.8 Å². The number of fused-ring (bicyclic) bond motifs is 2. The van der Waals surface area contributed by atoms with Crippen molar-refractivity contribution in [1.82, 2.24) is 10.2 Å². The topological polar surface area (TPSA) is 58.4 Å². The van der Waals surface area contributed by atoms with Gasteiger partial charge >= 0.3 is 6.03 Å². The smallest absolute Gasteiger partial charge is 0.317 e. The maximum Gasteiger partial charge on any atom is 0.317 e. The number of piperidine rings is 1. The highest BCUT2D eigenvalue weighted by molar-refractivity contribution is 5.75. The molecule has 4 heteroatoms. The Kier molecular flexibility index (Phi) is 2.39. The molecule has 1 heterocycles. The van der Waals surface area contributed by atoms with Crippen LogP contribution in [0.2, 0.25) is 0 Å². The number of nitrogens with two attached hydrogens (primary N) is 1. The molecule has 1 aliphatic heterocycles. The van der Waals surface area contributed by atoms with E-state index in [1.807, 2.05) is 18.7 Å². The molecule has 14 heavy (non-hydrogen) atoms. The second-order valence-corrected chi connectivity index (χ2v) is 4.83. The molecule has 0 aromatic carbocycles. The SMILES string of the molecule is CC(C)NC(=O)N1CC2CC(N)C1C2. The molecule has 1 saturated heterocycles. The van der Waals surface area contributed by atoms with Gasteiger partial charge in [0.05, 0.1) is 0 Å². The fourth-order valence-corrected chi connectivity index (χ4v) is 2.64. The molecule has 0 aromatic rings. The maximum atomic E-state index is 11.8. The van der Waals surface area contributed by atoms with Gasteiger partial charge in [-0.2, -0.15) is 0 Å². The molecule has 2 aliphatic rings. The summed E-state index contributed by atoms with van der Waals surface area (Å²) < 4.78 is 0. The van der Waals surface area contributed by atoms with Gasteiger partial charge in [0.1, 0.15) is 0 Å². The fraction of sp³-hybridized carbons (Fsp3) is 0.900. The predicted molar refractivity (Wildman–Crippen MR) is 54.9 cm³/mol. The molecule has 2 rings (SSSR count). The summed E-state index contributed by atoms with van der Waals surface area (Å²) in [5.41, 5.74) is 5.96. The summed E-state index contributed by atoms with van der Waals surface area (Å²) >= 11 is 0. The molecule has 2 bridgehead atoms. The highest BCUT2D eigenvalue weighted by atomic mass is 16.2. The Morgan fingerprint density at radius 1 is 1.50 bits per heavy atom. The van der Waals surface area contributed by atoms with Crippen molar-refractivity contribution in [1.29, 1.82) is 0 Å². The Morgan fingerprint density at radius 2 is 2.21 bits per heavy atom. The van der Waals surface area contributed by atoms with Crippen LogP contribution in [0.5, 0.6) is 0 Å². The second kappa shape index (κ2) is 3.42. The molecule has 3 atom stereocenters. The van der Waals surface area contributed by atoms with Crippen LogP contribution in [0.15, 0.2) is 0 Å². The van der Waals surface area contributed by atoms with E-state index in [9.17, 15) is 4.79 Å². The Balaban J connectivity index is 1.96. The molecule has 0 spiro atoms. The van der Waals surface area contributed by atoms with Crippen LogP contribution in [-0.2, 0) is 0 Å². The number of amides is 2. The molecular weight excluding hydrogens is 178 g/mol. The summed E-state index contributed by atoms with van der Waals surface area (Å²) in [4.78, 5) is 13.7. The van der Waals surface area contributed by atoms with Crippen LogP contribution in [0.25, 0.3) is 0 Å². The van der Waals surface area contributed by atoms with Gasteiger partial charge < -0.3 is 16.0 Å². The maximum absolute atomic E-state index is 11.8. The lowest BCUT2D eigenvalue weighted by atomic mass is 10.1. The predicted octanol–water partition coefficient (Wildman–Crippen LogP) is 0.526. The molecule has 0 aromatic heterocycles. The third-order valence-corrected chi connectivity index (χ3v) is 3.20. The van der Waals surface area contributed by atoms with Crippen LogP contribution >= 0.6 is 0 Å². The summed E-state index contributed by atoms with van der Waals surface area (Å²) in [6.45, 7) is 4.86. The summed E-state index contributed by atoms with van der Waals surface area (Å²) in [5.74, 6) is 0.646. The largest absolute Gasteiger partial charge is 0.336 e. The van der Waals surface area contributed by atoms with E-state index in [-0.39, 0.29) is 18.1 Å². The first-order chi connectivity index (χ1) is 6.58. The number of hydrogen-bond donors (Lipinski definition) is 2. The molecule has 2 amide bonds. The van der Waals surface area contributed by atoms with Crippen molar-refractivity contribution >= 4 is 6.03 Å². The molecular formula is C10H19N3O. The van der Waals surface area contributed by atoms with Gasteiger partial charge in [-0.15, -0.1) is 0 Å². The Hall–Kier alpha value is -0.770. The van der Waals surface area contributed by atoms with Crippen molar-refractivity contribution in [3.63, 3.8) is 0 Å². The van der Waals surface area contributed by atoms with E-state index in [0.29, 0.717) is 12.0 Å². The summed E-state index contributed by atoms with van der Waals surface area (Å²) in [6, 6.07) is 0.755. The van der Waals surface area contributed by atoms with E-state index in [2.05, 4.69) is 5.32 Å². The van der Waals surface area contributed by atoms with E-state index >= 15 is 0 Å². The van der Waals surface area contributed by atoms with Gasteiger partial charge in [-0.25, -0.2) is 4.79 Å². The van der Waals surface area contributed by atoms with Crippen LogP contribution in [0.4, 0.5) is 4.79 Å².